The predicted molar refractivity (Wildman–Crippen MR) is 84.5 cm³/mol. The van der Waals surface area contributed by atoms with Gasteiger partial charge in [-0.3, -0.25) is 14.6 Å². The highest BCUT2D eigenvalue weighted by atomic mass is 16.1. The minimum Gasteiger partial charge on any atom is -0.369 e. The Bertz CT molecular complexity index is 600. The number of carbonyl (C=O) groups is 1. The molecule has 6 heteroatoms. The van der Waals surface area contributed by atoms with Gasteiger partial charge >= 0.3 is 0 Å². The molecular formula is C16H21N5O. The Morgan fingerprint density at radius 3 is 2.36 bits per heavy atom. The quantitative estimate of drug-likeness (QED) is 0.872. The summed E-state index contributed by atoms with van der Waals surface area (Å²) in [7, 11) is 0. The summed E-state index contributed by atoms with van der Waals surface area (Å²) in [6.45, 7) is 5.03. The number of hydrogen-bond acceptors (Lipinski definition) is 4. The van der Waals surface area contributed by atoms with Crippen molar-refractivity contribution in [2.45, 2.75) is 6.54 Å². The highest BCUT2D eigenvalue weighted by molar-refractivity contribution is 5.75. The van der Waals surface area contributed by atoms with Crippen LogP contribution < -0.4 is 5.73 Å². The SMILES string of the molecule is NC(=O)CN1CCN(Cc2ccc(-n3cccn3)cc2)CC1. The van der Waals surface area contributed by atoms with Crippen LogP contribution in [-0.2, 0) is 11.3 Å². The number of benzene rings is 1. The van der Waals surface area contributed by atoms with Crippen LogP contribution in [0.3, 0.4) is 0 Å². The van der Waals surface area contributed by atoms with Crippen molar-refractivity contribution in [3.05, 3.63) is 48.3 Å². The predicted octanol–water partition coefficient (Wildman–Crippen LogP) is 0.475. The molecule has 116 valence electrons. The molecule has 0 radical (unpaired) electrons. The molecule has 1 aliphatic rings. The van der Waals surface area contributed by atoms with Crippen LogP contribution in [0.2, 0.25) is 0 Å². The van der Waals surface area contributed by atoms with E-state index in [9.17, 15) is 4.79 Å². The first kappa shape index (κ1) is 14.7. The first-order valence-corrected chi connectivity index (χ1v) is 7.53. The Balaban J connectivity index is 1.53. The maximum atomic E-state index is 10.9. The number of rotatable bonds is 5. The summed E-state index contributed by atoms with van der Waals surface area (Å²) < 4.78 is 1.85. The van der Waals surface area contributed by atoms with E-state index in [0.717, 1.165) is 38.4 Å². The van der Waals surface area contributed by atoms with Crippen molar-refractivity contribution in [1.29, 1.82) is 0 Å². The van der Waals surface area contributed by atoms with Gasteiger partial charge in [-0.1, -0.05) is 12.1 Å². The lowest BCUT2D eigenvalue weighted by Crippen LogP contribution is -2.48. The lowest BCUT2D eigenvalue weighted by Gasteiger charge is -2.34. The molecule has 22 heavy (non-hydrogen) atoms. The summed E-state index contributed by atoms with van der Waals surface area (Å²) in [4.78, 5) is 15.4. The number of nitrogens with zero attached hydrogens (tertiary/aromatic N) is 4. The second-order valence-electron chi connectivity index (χ2n) is 5.64. The molecule has 0 saturated carbocycles. The van der Waals surface area contributed by atoms with Crippen molar-refractivity contribution in [2.24, 2.45) is 5.73 Å². The standard InChI is InChI=1S/C16H21N5O/c17-16(22)13-20-10-8-19(9-11-20)12-14-2-4-15(5-3-14)21-7-1-6-18-21/h1-7H,8-13H2,(H2,17,22). The summed E-state index contributed by atoms with van der Waals surface area (Å²) >= 11 is 0. The van der Waals surface area contributed by atoms with Gasteiger partial charge in [0.15, 0.2) is 0 Å². The maximum Gasteiger partial charge on any atom is 0.231 e. The molecule has 1 aromatic heterocycles. The van der Waals surface area contributed by atoms with Gasteiger partial charge in [0.1, 0.15) is 0 Å². The van der Waals surface area contributed by atoms with E-state index in [4.69, 9.17) is 5.73 Å². The smallest absolute Gasteiger partial charge is 0.231 e. The van der Waals surface area contributed by atoms with Gasteiger partial charge in [0.05, 0.1) is 12.2 Å². The molecular weight excluding hydrogens is 278 g/mol. The lowest BCUT2D eigenvalue weighted by atomic mass is 10.2. The Morgan fingerprint density at radius 2 is 1.77 bits per heavy atom. The topological polar surface area (TPSA) is 67.4 Å². The van der Waals surface area contributed by atoms with Gasteiger partial charge in [-0.25, -0.2) is 4.68 Å². The van der Waals surface area contributed by atoms with E-state index < -0.39 is 0 Å². The highest BCUT2D eigenvalue weighted by Gasteiger charge is 2.17. The number of carbonyl (C=O) groups excluding carboxylic acids is 1. The summed E-state index contributed by atoms with van der Waals surface area (Å²) in [5.74, 6) is -0.248. The number of piperazine rings is 1. The van der Waals surface area contributed by atoms with E-state index in [1.54, 1.807) is 6.20 Å². The molecule has 0 unspecified atom stereocenters. The van der Waals surface area contributed by atoms with Crippen LogP contribution in [0.4, 0.5) is 0 Å². The number of hydrogen-bond donors (Lipinski definition) is 1. The first-order valence-electron chi connectivity index (χ1n) is 7.53. The average molecular weight is 299 g/mol. The highest BCUT2D eigenvalue weighted by Crippen LogP contribution is 2.12. The number of aromatic nitrogens is 2. The minimum absolute atomic E-state index is 0.248. The third-order valence-corrected chi connectivity index (χ3v) is 3.96. The zero-order valence-corrected chi connectivity index (χ0v) is 12.6. The Kier molecular flexibility index (Phi) is 4.50. The van der Waals surface area contributed by atoms with E-state index in [1.807, 2.05) is 16.9 Å². The van der Waals surface area contributed by atoms with Gasteiger partial charge in [0.2, 0.25) is 5.91 Å². The van der Waals surface area contributed by atoms with Crippen LogP contribution in [0.15, 0.2) is 42.7 Å². The molecule has 1 aliphatic heterocycles. The second kappa shape index (κ2) is 6.72. The van der Waals surface area contributed by atoms with Crippen molar-refractivity contribution < 1.29 is 4.79 Å². The van der Waals surface area contributed by atoms with Crippen LogP contribution in [0.5, 0.6) is 0 Å². The fraction of sp³-hybridized carbons (Fsp3) is 0.375. The summed E-state index contributed by atoms with van der Waals surface area (Å²) in [6, 6.07) is 10.4. The number of amides is 1. The molecule has 0 bridgehead atoms. The van der Waals surface area contributed by atoms with E-state index in [-0.39, 0.29) is 5.91 Å². The molecule has 1 amide bonds. The molecule has 3 rings (SSSR count). The summed E-state index contributed by atoms with van der Waals surface area (Å²) in [5.41, 5.74) is 7.59. The Hall–Kier alpha value is -2.18. The van der Waals surface area contributed by atoms with Gasteiger partial charge in [-0.15, -0.1) is 0 Å². The van der Waals surface area contributed by atoms with E-state index in [0.29, 0.717) is 6.54 Å². The Labute approximate surface area is 130 Å². The molecule has 2 heterocycles. The minimum atomic E-state index is -0.248. The largest absolute Gasteiger partial charge is 0.369 e. The fourth-order valence-electron chi connectivity index (χ4n) is 2.76. The summed E-state index contributed by atoms with van der Waals surface area (Å²) in [5, 5.41) is 4.23. The third-order valence-electron chi connectivity index (χ3n) is 3.96. The zero-order valence-electron chi connectivity index (χ0n) is 12.6. The molecule has 1 fully saturated rings. The van der Waals surface area contributed by atoms with Gasteiger partial charge in [-0.2, -0.15) is 5.10 Å². The van der Waals surface area contributed by atoms with Crippen molar-refractivity contribution in [1.82, 2.24) is 19.6 Å². The van der Waals surface area contributed by atoms with Crippen LogP contribution in [0, 0.1) is 0 Å². The second-order valence-corrected chi connectivity index (χ2v) is 5.64. The molecule has 0 spiro atoms. The molecule has 2 N–H and O–H groups in total. The monoisotopic (exact) mass is 299 g/mol. The van der Waals surface area contributed by atoms with Crippen molar-refractivity contribution in [3.63, 3.8) is 0 Å². The maximum absolute atomic E-state index is 10.9. The zero-order chi connectivity index (χ0) is 15.4. The van der Waals surface area contributed by atoms with E-state index in [2.05, 4.69) is 39.2 Å². The van der Waals surface area contributed by atoms with E-state index in [1.165, 1.54) is 5.56 Å². The number of primary amides is 1. The Morgan fingerprint density at radius 1 is 1.09 bits per heavy atom. The first-order chi connectivity index (χ1) is 10.7. The van der Waals surface area contributed by atoms with Crippen molar-refractivity contribution >= 4 is 5.91 Å². The third kappa shape index (κ3) is 3.72. The number of nitrogens with two attached hydrogens (primary N) is 1. The van der Waals surface area contributed by atoms with E-state index >= 15 is 0 Å². The van der Waals surface area contributed by atoms with Crippen molar-refractivity contribution in [3.8, 4) is 5.69 Å². The summed E-state index contributed by atoms with van der Waals surface area (Å²) in [6.07, 6.45) is 3.71. The van der Waals surface area contributed by atoms with Gasteiger partial charge in [0.25, 0.3) is 0 Å². The molecule has 1 aromatic carbocycles. The molecule has 0 aliphatic carbocycles. The normalized spacial score (nSPS) is 16.7. The molecule has 2 aromatic rings. The molecule has 1 saturated heterocycles. The van der Waals surface area contributed by atoms with Crippen LogP contribution >= 0.6 is 0 Å². The van der Waals surface area contributed by atoms with Crippen LogP contribution in [0.25, 0.3) is 5.69 Å². The molecule has 6 nitrogen and oxygen atoms in total. The molecule has 0 atom stereocenters. The van der Waals surface area contributed by atoms with Gasteiger partial charge < -0.3 is 5.73 Å². The van der Waals surface area contributed by atoms with Gasteiger partial charge in [-0.05, 0) is 23.8 Å². The fourth-order valence-corrected chi connectivity index (χ4v) is 2.76. The van der Waals surface area contributed by atoms with Gasteiger partial charge in [0, 0.05) is 45.1 Å². The average Bonchev–Trinajstić information content (AvgIpc) is 3.04. The van der Waals surface area contributed by atoms with Crippen molar-refractivity contribution in [2.75, 3.05) is 32.7 Å². The lowest BCUT2D eigenvalue weighted by molar-refractivity contribution is -0.119. The van der Waals surface area contributed by atoms with Crippen LogP contribution in [-0.4, -0.2) is 58.2 Å². The van der Waals surface area contributed by atoms with Crippen LogP contribution in [0.1, 0.15) is 5.56 Å².